The van der Waals surface area contributed by atoms with E-state index < -0.39 is 11.7 Å². The molecule has 0 unspecified atom stereocenters. The standard InChI is InChI=1S/CH2Cl2.5ClH.Sb/c2-1-3;;;;;;/h1H2;5*1H;/q;;;;;;+5/p-5. The molecule has 0 aromatic heterocycles. The summed E-state index contributed by atoms with van der Waals surface area (Å²) < 4.78 is 0. The Kier molecular flexibility index (Phi) is 8.76. The van der Waals surface area contributed by atoms with Gasteiger partial charge < -0.3 is 0 Å². The third-order valence-corrected chi connectivity index (χ3v) is 0. The van der Waals surface area contributed by atoms with Crippen LogP contribution in [0.25, 0.3) is 0 Å². The summed E-state index contributed by atoms with van der Waals surface area (Å²) in [6.07, 6.45) is 0. The molecule has 0 radical (unpaired) electrons. The molecule has 0 aliphatic carbocycles. The molecule has 0 atom stereocenters. The number of hydrogen-bond donors (Lipinski definition) is 0. The first-order chi connectivity index (χ1) is 3.65. The van der Waals surface area contributed by atoms with Crippen molar-refractivity contribution in [1.29, 1.82) is 0 Å². The molecule has 8 heteroatoms. The molecular formula is CH2Cl7Sb. The molecule has 0 fully saturated rings. The van der Waals surface area contributed by atoms with Crippen LogP contribution in [0.15, 0.2) is 0 Å². The molecule has 0 aromatic carbocycles. The maximum absolute atomic E-state index is 5.05. The van der Waals surface area contributed by atoms with Crippen molar-refractivity contribution in [2.75, 3.05) is 5.34 Å². The van der Waals surface area contributed by atoms with Gasteiger partial charge in [-0.05, 0) is 0 Å². The average Bonchev–Trinajstić information content (AvgIpc) is 1.23. The van der Waals surface area contributed by atoms with Gasteiger partial charge in [-0.25, -0.2) is 0 Å². The zero-order chi connectivity index (χ0) is 8.15. The molecule has 0 N–H and O–H groups in total. The molecule has 9 heavy (non-hydrogen) atoms. The quantitative estimate of drug-likeness (QED) is 0.427. The second-order valence-electron chi connectivity index (χ2n) is 0.740. The number of hydrogen-bond acceptors (Lipinski definition) is 0. The minimum atomic E-state index is -4.33. The van der Waals surface area contributed by atoms with Crippen LogP contribution in [0.3, 0.4) is 0 Å². The summed E-state index contributed by atoms with van der Waals surface area (Å²) in [4.78, 5) is 0. The number of halogens is 7. The molecular weight excluding hydrogens is 382 g/mol. The molecule has 0 bridgehead atoms. The molecule has 0 saturated carbocycles. The average molecular weight is 384 g/mol. The molecule has 0 amide bonds. The van der Waals surface area contributed by atoms with Gasteiger partial charge in [0.05, 0.1) is 5.34 Å². The van der Waals surface area contributed by atoms with E-state index in [1.54, 1.807) is 0 Å². The fraction of sp³-hybridized carbons (Fsp3) is 1.00. The molecule has 0 rings (SSSR count). The SMILES string of the molecule is ClCCl.[Cl][Sb]([Cl])([Cl])([Cl])[Cl]. The van der Waals surface area contributed by atoms with E-state index in [-0.39, 0.29) is 5.34 Å². The Hall–Kier alpha value is 2.85. The Morgan fingerprint density at radius 3 is 0.778 bits per heavy atom. The Labute approximate surface area is 83.1 Å². The van der Waals surface area contributed by atoms with Crippen LogP contribution in [0.4, 0.5) is 0 Å². The van der Waals surface area contributed by atoms with Crippen molar-refractivity contribution < 1.29 is 0 Å². The molecule has 0 aliphatic rings. The molecule has 60 valence electrons. The number of alkyl halides is 2. The normalized spacial score (nSPS) is 14.8. The predicted molar refractivity (Wildman–Crippen MR) is 51.6 cm³/mol. The fourth-order valence-corrected chi connectivity index (χ4v) is 0. The number of rotatable bonds is 0. The van der Waals surface area contributed by atoms with E-state index in [2.05, 4.69) is 0 Å². The van der Waals surface area contributed by atoms with Gasteiger partial charge in [-0.2, -0.15) is 0 Å². The summed E-state index contributed by atoms with van der Waals surface area (Å²) in [5.74, 6) is 0. The first-order valence-electron chi connectivity index (χ1n) is 1.38. The van der Waals surface area contributed by atoms with E-state index >= 15 is 0 Å². The monoisotopic (exact) mass is 380 g/mol. The van der Waals surface area contributed by atoms with Crippen LogP contribution in [0.5, 0.6) is 0 Å². The molecule has 0 heterocycles. The van der Waals surface area contributed by atoms with Crippen molar-refractivity contribution in [3.8, 4) is 0 Å². The maximum atomic E-state index is 5.05. The summed E-state index contributed by atoms with van der Waals surface area (Å²) >= 11 is 5.20. The van der Waals surface area contributed by atoms with E-state index in [1.165, 1.54) is 0 Å². The Morgan fingerprint density at radius 2 is 0.778 bits per heavy atom. The van der Waals surface area contributed by atoms with Crippen LogP contribution in [0, 0.1) is 0 Å². The molecule has 0 nitrogen and oxygen atoms in total. The van der Waals surface area contributed by atoms with Crippen LogP contribution < -0.4 is 0 Å². The third-order valence-electron chi connectivity index (χ3n) is 0. The van der Waals surface area contributed by atoms with E-state index in [4.69, 9.17) is 67.3 Å². The first-order valence-corrected chi connectivity index (χ1v) is 18.6. The van der Waals surface area contributed by atoms with Gasteiger partial charge >= 0.3 is 55.8 Å². The van der Waals surface area contributed by atoms with Gasteiger partial charge in [0, 0.05) is 0 Å². The second kappa shape index (κ2) is 5.49. The van der Waals surface area contributed by atoms with Crippen LogP contribution >= 0.6 is 67.3 Å². The first kappa shape index (κ1) is 14.4. The summed E-state index contributed by atoms with van der Waals surface area (Å²) in [5.41, 5.74) is 0. The van der Waals surface area contributed by atoms with Crippen molar-refractivity contribution in [1.82, 2.24) is 0 Å². The van der Waals surface area contributed by atoms with Gasteiger partial charge in [-0.15, -0.1) is 23.2 Å². The van der Waals surface area contributed by atoms with Gasteiger partial charge in [0.1, 0.15) is 0 Å². The van der Waals surface area contributed by atoms with Crippen molar-refractivity contribution >= 4 is 79.0 Å². The van der Waals surface area contributed by atoms with Gasteiger partial charge in [-0.3, -0.25) is 0 Å². The van der Waals surface area contributed by atoms with E-state index in [0.29, 0.717) is 0 Å². The zero-order valence-electron chi connectivity index (χ0n) is 3.80. The van der Waals surface area contributed by atoms with Crippen LogP contribution in [-0.2, 0) is 0 Å². The van der Waals surface area contributed by atoms with Gasteiger partial charge in [0.2, 0.25) is 0 Å². The van der Waals surface area contributed by atoms with Crippen LogP contribution in [0.1, 0.15) is 0 Å². The topological polar surface area (TPSA) is 0 Å². The van der Waals surface area contributed by atoms with Gasteiger partial charge in [0.25, 0.3) is 0 Å². The predicted octanol–water partition coefficient (Wildman–Crippen LogP) is 4.49. The summed E-state index contributed by atoms with van der Waals surface area (Å²) in [7, 11) is 25.2. The Bertz CT molecular complexity index is 51.8. The van der Waals surface area contributed by atoms with Crippen molar-refractivity contribution in [3.05, 3.63) is 0 Å². The summed E-state index contributed by atoms with van der Waals surface area (Å²) in [6.45, 7) is 0. The zero-order valence-corrected chi connectivity index (χ0v) is 11.6. The minimum absolute atomic E-state index is 0.194. The van der Waals surface area contributed by atoms with Gasteiger partial charge in [-0.1, -0.05) is 0 Å². The fourth-order valence-electron chi connectivity index (χ4n) is 0. The molecule has 0 spiro atoms. The van der Waals surface area contributed by atoms with Crippen molar-refractivity contribution in [2.24, 2.45) is 0 Å². The van der Waals surface area contributed by atoms with Crippen LogP contribution in [0.2, 0.25) is 0 Å². The molecule has 0 aromatic rings. The molecule has 0 aliphatic heterocycles. The van der Waals surface area contributed by atoms with Gasteiger partial charge in [0.15, 0.2) is 0 Å². The third kappa shape index (κ3) is 105. The van der Waals surface area contributed by atoms with E-state index in [9.17, 15) is 0 Å². The van der Waals surface area contributed by atoms with Crippen LogP contribution in [-0.4, -0.2) is 17.0 Å². The molecule has 0 saturated heterocycles. The Morgan fingerprint density at radius 1 is 0.778 bits per heavy atom. The van der Waals surface area contributed by atoms with Crippen molar-refractivity contribution in [3.63, 3.8) is 0 Å². The van der Waals surface area contributed by atoms with E-state index in [1.807, 2.05) is 0 Å². The summed E-state index contributed by atoms with van der Waals surface area (Å²) in [6, 6.07) is 0. The van der Waals surface area contributed by atoms with Crippen molar-refractivity contribution in [2.45, 2.75) is 0 Å². The Balaban J connectivity index is 0. The van der Waals surface area contributed by atoms with E-state index in [0.717, 1.165) is 0 Å². The summed E-state index contributed by atoms with van der Waals surface area (Å²) in [5, 5.41) is 0.194. The second-order valence-corrected chi connectivity index (χ2v) is 39.5.